The monoisotopic (exact) mass is 328 g/mol. The molecule has 0 unspecified atom stereocenters. The quantitative estimate of drug-likeness (QED) is 0.783. The highest BCUT2D eigenvalue weighted by Gasteiger charge is 2.31. The van der Waals surface area contributed by atoms with Crippen molar-refractivity contribution in [2.24, 2.45) is 5.92 Å². The smallest absolute Gasteiger partial charge is 0.478 e. The average Bonchev–Trinajstić information content (AvgIpc) is 2.47. The predicted octanol–water partition coefficient (Wildman–Crippen LogP) is 4.89. The van der Waals surface area contributed by atoms with Gasteiger partial charge in [-0.05, 0) is 61.6 Å². The molecule has 1 N–H and O–H groups in total. The largest absolute Gasteiger partial charge is 0.573 e. The second-order valence-corrected chi connectivity index (χ2v) is 5.81. The number of hydrogen-bond acceptors (Lipinski definition) is 2. The zero-order chi connectivity index (χ0) is 16.9. The molecule has 6 heteroatoms. The van der Waals surface area contributed by atoms with Crippen molar-refractivity contribution in [1.82, 2.24) is 0 Å². The number of alkyl halides is 3. The molecule has 23 heavy (non-hydrogen) atoms. The van der Waals surface area contributed by atoms with E-state index in [1.807, 2.05) is 0 Å². The van der Waals surface area contributed by atoms with Crippen LogP contribution in [0.15, 0.2) is 36.4 Å². The van der Waals surface area contributed by atoms with E-state index in [1.54, 1.807) is 18.2 Å². The molecule has 0 atom stereocenters. The van der Waals surface area contributed by atoms with Crippen molar-refractivity contribution >= 4 is 5.97 Å². The topological polar surface area (TPSA) is 46.5 Å². The molecule has 0 aromatic heterocycles. The number of allylic oxidation sites excluding steroid dienone is 1. The zero-order valence-electron chi connectivity index (χ0n) is 12.6. The molecule has 0 heterocycles. The van der Waals surface area contributed by atoms with E-state index in [0.29, 0.717) is 11.8 Å². The standard InChI is InChI=1S/C17H19F3O3/c18-17(19,20)23-15-10-8-14(9-11-15)13-6-4-12(5-7-13)2-1-3-16(21)22/h1,3,8-13H,2,4-7H2,(H,21,22)/b3-1+. The lowest BCUT2D eigenvalue weighted by molar-refractivity contribution is -0.274. The van der Waals surface area contributed by atoms with Gasteiger partial charge in [-0.3, -0.25) is 0 Å². The summed E-state index contributed by atoms with van der Waals surface area (Å²) in [4.78, 5) is 10.4. The van der Waals surface area contributed by atoms with Crippen molar-refractivity contribution in [3.8, 4) is 5.75 Å². The highest BCUT2D eigenvalue weighted by molar-refractivity contribution is 5.79. The van der Waals surface area contributed by atoms with Gasteiger partial charge in [0.1, 0.15) is 5.75 Å². The van der Waals surface area contributed by atoms with Crippen molar-refractivity contribution in [3.63, 3.8) is 0 Å². The molecule has 3 nitrogen and oxygen atoms in total. The Balaban J connectivity index is 1.84. The van der Waals surface area contributed by atoms with Gasteiger partial charge in [0.25, 0.3) is 0 Å². The molecule has 1 aliphatic carbocycles. The lowest BCUT2D eigenvalue weighted by atomic mass is 9.77. The van der Waals surface area contributed by atoms with E-state index in [0.717, 1.165) is 37.7 Å². The number of carbonyl (C=O) groups is 1. The number of carboxylic acids is 1. The van der Waals surface area contributed by atoms with Gasteiger partial charge < -0.3 is 9.84 Å². The summed E-state index contributed by atoms with van der Waals surface area (Å²) in [5.41, 5.74) is 1.03. The van der Waals surface area contributed by atoms with E-state index in [2.05, 4.69) is 4.74 Å². The maximum atomic E-state index is 12.1. The van der Waals surface area contributed by atoms with Crippen molar-refractivity contribution < 1.29 is 27.8 Å². The number of hydrogen-bond donors (Lipinski definition) is 1. The maximum Gasteiger partial charge on any atom is 0.573 e. The van der Waals surface area contributed by atoms with Gasteiger partial charge in [0.15, 0.2) is 0 Å². The van der Waals surface area contributed by atoms with Gasteiger partial charge in [0, 0.05) is 6.08 Å². The molecule has 1 saturated carbocycles. The van der Waals surface area contributed by atoms with Crippen LogP contribution in [0.25, 0.3) is 0 Å². The molecule has 0 amide bonds. The molecule has 1 aromatic rings. The number of rotatable bonds is 5. The first-order valence-electron chi connectivity index (χ1n) is 7.58. The van der Waals surface area contributed by atoms with Crippen LogP contribution in [0.5, 0.6) is 5.75 Å². The Morgan fingerprint density at radius 3 is 2.30 bits per heavy atom. The summed E-state index contributed by atoms with van der Waals surface area (Å²) < 4.78 is 40.2. The summed E-state index contributed by atoms with van der Waals surface area (Å²) in [7, 11) is 0. The maximum absolute atomic E-state index is 12.1. The van der Waals surface area contributed by atoms with E-state index in [1.165, 1.54) is 18.2 Å². The second-order valence-electron chi connectivity index (χ2n) is 5.81. The second kappa shape index (κ2) is 7.53. The summed E-state index contributed by atoms with van der Waals surface area (Å²) in [6.07, 6.45) is 2.88. The van der Waals surface area contributed by atoms with E-state index >= 15 is 0 Å². The Bertz CT molecular complexity index is 541. The Labute approximate surface area is 132 Å². The van der Waals surface area contributed by atoms with Crippen LogP contribution < -0.4 is 4.74 Å². The van der Waals surface area contributed by atoms with Crippen LogP contribution in [0.3, 0.4) is 0 Å². The Morgan fingerprint density at radius 2 is 1.78 bits per heavy atom. The Kier molecular flexibility index (Phi) is 5.69. The lowest BCUT2D eigenvalue weighted by Crippen LogP contribution is -2.17. The first-order chi connectivity index (χ1) is 10.8. The van der Waals surface area contributed by atoms with Crippen LogP contribution >= 0.6 is 0 Å². The van der Waals surface area contributed by atoms with Crippen LogP contribution in [0.2, 0.25) is 0 Å². The minimum atomic E-state index is -4.66. The van der Waals surface area contributed by atoms with Crippen molar-refractivity contribution in [3.05, 3.63) is 42.0 Å². The molecular weight excluding hydrogens is 309 g/mol. The lowest BCUT2D eigenvalue weighted by Gasteiger charge is -2.28. The molecule has 1 fully saturated rings. The fourth-order valence-corrected chi connectivity index (χ4v) is 3.03. The van der Waals surface area contributed by atoms with Gasteiger partial charge in [-0.2, -0.15) is 0 Å². The van der Waals surface area contributed by atoms with Crippen LogP contribution in [0, 0.1) is 5.92 Å². The molecule has 126 valence electrons. The molecule has 0 aliphatic heterocycles. The molecule has 0 saturated heterocycles. The summed E-state index contributed by atoms with van der Waals surface area (Å²) in [6.45, 7) is 0. The van der Waals surface area contributed by atoms with Crippen molar-refractivity contribution in [1.29, 1.82) is 0 Å². The fraction of sp³-hybridized carbons (Fsp3) is 0.471. The minimum absolute atomic E-state index is 0.200. The summed E-state index contributed by atoms with van der Waals surface area (Å²) in [6, 6.07) is 6.09. The van der Waals surface area contributed by atoms with Crippen LogP contribution in [0.4, 0.5) is 13.2 Å². The SMILES string of the molecule is O=C(O)/C=C/CC1CCC(c2ccc(OC(F)(F)F)cc2)CC1. The zero-order valence-corrected chi connectivity index (χ0v) is 12.6. The van der Waals surface area contributed by atoms with E-state index in [-0.39, 0.29) is 5.75 Å². The third kappa shape index (κ3) is 5.96. The van der Waals surface area contributed by atoms with Gasteiger partial charge >= 0.3 is 12.3 Å². The highest BCUT2D eigenvalue weighted by atomic mass is 19.4. The van der Waals surface area contributed by atoms with E-state index in [9.17, 15) is 18.0 Å². The molecular formula is C17H19F3O3. The van der Waals surface area contributed by atoms with Crippen LogP contribution in [-0.2, 0) is 4.79 Å². The van der Waals surface area contributed by atoms with E-state index < -0.39 is 12.3 Å². The number of benzene rings is 1. The van der Waals surface area contributed by atoms with Gasteiger partial charge in [-0.25, -0.2) is 4.79 Å². The average molecular weight is 328 g/mol. The summed E-state index contributed by atoms with van der Waals surface area (Å²) in [5, 5.41) is 8.56. The fourth-order valence-electron chi connectivity index (χ4n) is 3.03. The molecule has 0 bridgehead atoms. The number of ether oxygens (including phenoxy) is 1. The van der Waals surface area contributed by atoms with Crippen molar-refractivity contribution in [2.75, 3.05) is 0 Å². The highest BCUT2D eigenvalue weighted by Crippen LogP contribution is 2.37. The van der Waals surface area contributed by atoms with Gasteiger partial charge in [0.05, 0.1) is 0 Å². The third-order valence-corrected chi connectivity index (χ3v) is 4.16. The van der Waals surface area contributed by atoms with E-state index in [4.69, 9.17) is 5.11 Å². The summed E-state index contributed by atoms with van der Waals surface area (Å²) >= 11 is 0. The molecule has 2 rings (SSSR count). The van der Waals surface area contributed by atoms with Gasteiger partial charge in [0.2, 0.25) is 0 Å². The summed E-state index contributed by atoms with van der Waals surface area (Å²) in [5.74, 6) is -0.307. The third-order valence-electron chi connectivity index (χ3n) is 4.16. The van der Waals surface area contributed by atoms with Crippen LogP contribution in [0.1, 0.15) is 43.6 Å². The number of aliphatic carboxylic acids is 1. The molecule has 0 spiro atoms. The first kappa shape index (κ1) is 17.4. The Hall–Kier alpha value is -1.98. The Morgan fingerprint density at radius 1 is 1.17 bits per heavy atom. The number of carboxylic acid groups (broad SMARTS) is 1. The first-order valence-corrected chi connectivity index (χ1v) is 7.58. The predicted molar refractivity (Wildman–Crippen MR) is 79.2 cm³/mol. The molecule has 0 radical (unpaired) electrons. The number of halogens is 3. The molecule has 1 aliphatic rings. The normalized spacial score (nSPS) is 22.2. The molecule has 1 aromatic carbocycles. The van der Waals surface area contributed by atoms with Crippen molar-refractivity contribution in [2.45, 2.75) is 44.4 Å². The van der Waals surface area contributed by atoms with Gasteiger partial charge in [-0.15, -0.1) is 13.2 Å². The van der Waals surface area contributed by atoms with Crippen LogP contribution in [-0.4, -0.2) is 17.4 Å². The minimum Gasteiger partial charge on any atom is -0.478 e. The van der Waals surface area contributed by atoms with Gasteiger partial charge in [-0.1, -0.05) is 18.2 Å².